The van der Waals surface area contributed by atoms with Gasteiger partial charge in [-0.05, 0) is 58.2 Å². The van der Waals surface area contributed by atoms with E-state index in [0.29, 0.717) is 6.10 Å². The van der Waals surface area contributed by atoms with Crippen LogP contribution in [-0.4, -0.2) is 14.4 Å². The third-order valence-electron chi connectivity index (χ3n) is 3.08. The molecular formula is C13H26OSi. The third kappa shape index (κ3) is 4.98. The van der Waals surface area contributed by atoms with Crippen LogP contribution in [-0.2, 0) is 4.43 Å². The standard InChI is InChI=1S/C13H26OSi/c1-11-7-6-8-12(2)13(10-9-11)14-15(3,4)5/h7,12-13H,6,8-10H2,1-5H3. The Morgan fingerprint density at radius 3 is 2.53 bits per heavy atom. The Kier molecular flexibility index (Phi) is 4.59. The molecule has 2 unspecified atom stereocenters. The first-order valence-corrected chi connectivity index (χ1v) is 9.63. The van der Waals surface area contributed by atoms with Crippen LogP contribution < -0.4 is 0 Å². The van der Waals surface area contributed by atoms with Crippen LogP contribution in [0.3, 0.4) is 0 Å². The molecule has 1 rings (SSSR count). The Bertz CT molecular complexity index is 227. The summed E-state index contributed by atoms with van der Waals surface area (Å²) in [5, 5.41) is 0. The predicted octanol–water partition coefficient (Wildman–Crippen LogP) is 4.36. The molecule has 0 aromatic rings. The van der Waals surface area contributed by atoms with Crippen molar-refractivity contribution >= 4 is 8.32 Å². The molecule has 0 saturated heterocycles. The smallest absolute Gasteiger partial charge is 0.184 e. The van der Waals surface area contributed by atoms with Gasteiger partial charge in [-0.25, -0.2) is 0 Å². The molecule has 0 bridgehead atoms. The maximum absolute atomic E-state index is 6.29. The van der Waals surface area contributed by atoms with Crippen molar-refractivity contribution in [3.05, 3.63) is 11.6 Å². The molecule has 0 radical (unpaired) electrons. The molecule has 0 saturated carbocycles. The molecule has 0 N–H and O–H groups in total. The van der Waals surface area contributed by atoms with Crippen LogP contribution in [0.25, 0.3) is 0 Å². The summed E-state index contributed by atoms with van der Waals surface area (Å²) in [6.45, 7) is 11.5. The molecule has 0 aliphatic heterocycles. The molecule has 0 amide bonds. The zero-order valence-electron chi connectivity index (χ0n) is 11.0. The maximum atomic E-state index is 6.29. The minimum atomic E-state index is -1.37. The molecule has 0 aromatic carbocycles. The first-order valence-electron chi connectivity index (χ1n) is 6.22. The second kappa shape index (κ2) is 5.31. The van der Waals surface area contributed by atoms with Crippen molar-refractivity contribution in [3.63, 3.8) is 0 Å². The van der Waals surface area contributed by atoms with Gasteiger partial charge in [0.2, 0.25) is 0 Å². The quantitative estimate of drug-likeness (QED) is 0.502. The zero-order chi connectivity index (χ0) is 11.5. The van der Waals surface area contributed by atoms with E-state index in [1.54, 1.807) is 5.57 Å². The molecule has 0 heterocycles. The number of rotatable bonds is 2. The van der Waals surface area contributed by atoms with Crippen molar-refractivity contribution in [2.45, 2.75) is 65.3 Å². The lowest BCUT2D eigenvalue weighted by atomic mass is 9.91. The van der Waals surface area contributed by atoms with Crippen molar-refractivity contribution in [3.8, 4) is 0 Å². The summed E-state index contributed by atoms with van der Waals surface area (Å²) in [5.74, 6) is 0.723. The van der Waals surface area contributed by atoms with Gasteiger partial charge in [-0.15, -0.1) is 0 Å². The van der Waals surface area contributed by atoms with Crippen LogP contribution in [0.2, 0.25) is 19.6 Å². The topological polar surface area (TPSA) is 9.23 Å². The lowest BCUT2D eigenvalue weighted by Crippen LogP contribution is -2.35. The summed E-state index contributed by atoms with van der Waals surface area (Å²) in [7, 11) is -1.37. The van der Waals surface area contributed by atoms with Gasteiger partial charge >= 0.3 is 0 Å². The van der Waals surface area contributed by atoms with E-state index in [2.05, 4.69) is 39.6 Å². The molecule has 0 fully saturated rings. The predicted molar refractivity (Wildman–Crippen MR) is 69.6 cm³/mol. The molecule has 1 aliphatic rings. The molecule has 88 valence electrons. The lowest BCUT2D eigenvalue weighted by Gasteiger charge is -2.32. The number of hydrogen-bond donors (Lipinski definition) is 0. The summed E-state index contributed by atoms with van der Waals surface area (Å²) in [4.78, 5) is 0. The summed E-state index contributed by atoms with van der Waals surface area (Å²) in [6.07, 6.45) is 7.86. The van der Waals surface area contributed by atoms with Gasteiger partial charge in [0.25, 0.3) is 0 Å². The summed E-state index contributed by atoms with van der Waals surface area (Å²) in [5.41, 5.74) is 1.55. The van der Waals surface area contributed by atoms with E-state index in [4.69, 9.17) is 4.43 Å². The second-order valence-electron chi connectivity index (χ2n) is 5.91. The molecule has 1 aliphatic carbocycles. The van der Waals surface area contributed by atoms with E-state index in [1.165, 1.54) is 25.7 Å². The fourth-order valence-corrected chi connectivity index (χ4v) is 3.42. The van der Waals surface area contributed by atoms with Gasteiger partial charge < -0.3 is 4.43 Å². The minimum absolute atomic E-state index is 0.500. The van der Waals surface area contributed by atoms with Gasteiger partial charge in [-0.2, -0.15) is 0 Å². The highest BCUT2D eigenvalue weighted by atomic mass is 28.4. The van der Waals surface area contributed by atoms with Gasteiger partial charge in [-0.3, -0.25) is 0 Å². The molecule has 1 nitrogen and oxygen atoms in total. The van der Waals surface area contributed by atoms with E-state index in [9.17, 15) is 0 Å². The SMILES string of the molecule is CC1=CCCC(C)C(O[Si](C)(C)C)CC1. The maximum Gasteiger partial charge on any atom is 0.184 e. The largest absolute Gasteiger partial charge is 0.414 e. The average Bonchev–Trinajstić information content (AvgIpc) is 2.08. The van der Waals surface area contributed by atoms with Crippen molar-refractivity contribution in [1.29, 1.82) is 0 Å². The van der Waals surface area contributed by atoms with Crippen molar-refractivity contribution < 1.29 is 4.43 Å². The first kappa shape index (κ1) is 13.0. The number of allylic oxidation sites excluding steroid dienone is 2. The third-order valence-corrected chi connectivity index (χ3v) is 4.09. The van der Waals surface area contributed by atoms with Crippen molar-refractivity contribution in [2.75, 3.05) is 0 Å². The van der Waals surface area contributed by atoms with Gasteiger partial charge in [0.15, 0.2) is 8.32 Å². The second-order valence-corrected chi connectivity index (χ2v) is 10.4. The Balaban J connectivity index is 2.58. The fraction of sp³-hybridized carbons (Fsp3) is 0.846. The van der Waals surface area contributed by atoms with E-state index in [-0.39, 0.29) is 0 Å². The van der Waals surface area contributed by atoms with Crippen molar-refractivity contribution in [2.24, 2.45) is 5.92 Å². The molecule has 0 spiro atoms. The highest BCUT2D eigenvalue weighted by Gasteiger charge is 2.25. The van der Waals surface area contributed by atoms with Gasteiger partial charge in [0, 0.05) is 6.10 Å². The zero-order valence-corrected chi connectivity index (χ0v) is 12.0. The molecule has 2 heteroatoms. The Morgan fingerprint density at radius 1 is 1.27 bits per heavy atom. The summed E-state index contributed by atoms with van der Waals surface area (Å²) >= 11 is 0. The monoisotopic (exact) mass is 226 g/mol. The Hall–Kier alpha value is -0.0831. The Labute approximate surface area is 96.0 Å². The van der Waals surface area contributed by atoms with Crippen LogP contribution in [0.4, 0.5) is 0 Å². The van der Waals surface area contributed by atoms with Crippen LogP contribution in [0.1, 0.15) is 39.5 Å². The van der Waals surface area contributed by atoms with E-state index in [1.807, 2.05) is 0 Å². The van der Waals surface area contributed by atoms with Gasteiger partial charge in [0.05, 0.1) is 0 Å². The van der Waals surface area contributed by atoms with E-state index in [0.717, 1.165) is 5.92 Å². The molecular weight excluding hydrogens is 200 g/mol. The van der Waals surface area contributed by atoms with Gasteiger partial charge in [0.1, 0.15) is 0 Å². The van der Waals surface area contributed by atoms with Crippen LogP contribution in [0.15, 0.2) is 11.6 Å². The van der Waals surface area contributed by atoms with Crippen molar-refractivity contribution in [1.82, 2.24) is 0 Å². The molecule has 0 aromatic heterocycles. The molecule has 15 heavy (non-hydrogen) atoms. The summed E-state index contributed by atoms with van der Waals surface area (Å²) < 4.78 is 6.29. The first-order chi connectivity index (χ1) is 6.88. The lowest BCUT2D eigenvalue weighted by molar-refractivity contribution is 0.120. The Morgan fingerprint density at radius 2 is 1.93 bits per heavy atom. The van der Waals surface area contributed by atoms with Crippen LogP contribution in [0, 0.1) is 5.92 Å². The van der Waals surface area contributed by atoms with Crippen LogP contribution in [0.5, 0.6) is 0 Å². The highest BCUT2D eigenvalue weighted by Crippen LogP contribution is 2.26. The van der Waals surface area contributed by atoms with E-state index >= 15 is 0 Å². The fourth-order valence-electron chi connectivity index (χ4n) is 2.16. The highest BCUT2D eigenvalue weighted by molar-refractivity contribution is 6.69. The normalized spacial score (nSPS) is 29.3. The summed E-state index contributed by atoms with van der Waals surface area (Å²) in [6, 6.07) is 0. The van der Waals surface area contributed by atoms with Crippen LogP contribution >= 0.6 is 0 Å². The molecule has 2 atom stereocenters. The van der Waals surface area contributed by atoms with Gasteiger partial charge in [-0.1, -0.05) is 18.6 Å². The van der Waals surface area contributed by atoms with E-state index < -0.39 is 8.32 Å². The minimum Gasteiger partial charge on any atom is -0.414 e. The average molecular weight is 226 g/mol. The number of hydrogen-bond acceptors (Lipinski definition) is 1.